The maximum atomic E-state index is 11.5. The standard InChI is InChI=1S/C14H20OS/c1-3-4-5-6-13(15)11-16-14-9-7-12(2)8-10-14/h7-10H,3-6,11H2,1-2H3. The molecule has 0 aromatic heterocycles. The molecule has 1 aromatic carbocycles. The molecule has 0 bridgehead atoms. The van der Waals surface area contributed by atoms with Crippen LogP contribution in [0.25, 0.3) is 0 Å². The lowest BCUT2D eigenvalue weighted by atomic mass is 10.2. The highest BCUT2D eigenvalue weighted by Gasteiger charge is 2.02. The molecule has 0 heterocycles. The monoisotopic (exact) mass is 236 g/mol. The summed E-state index contributed by atoms with van der Waals surface area (Å²) in [5.41, 5.74) is 1.26. The van der Waals surface area contributed by atoms with Crippen LogP contribution in [0.2, 0.25) is 0 Å². The second-order valence-electron chi connectivity index (χ2n) is 4.10. The van der Waals surface area contributed by atoms with Crippen LogP contribution in [-0.4, -0.2) is 11.5 Å². The highest BCUT2D eigenvalue weighted by Crippen LogP contribution is 2.19. The van der Waals surface area contributed by atoms with E-state index < -0.39 is 0 Å². The summed E-state index contributed by atoms with van der Waals surface area (Å²) in [6.07, 6.45) is 4.13. The third kappa shape index (κ3) is 5.36. The van der Waals surface area contributed by atoms with Crippen molar-refractivity contribution < 1.29 is 4.79 Å². The van der Waals surface area contributed by atoms with E-state index in [0.29, 0.717) is 11.5 Å². The van der Waals surface area contributed by atoms with Crippen LogP contribution in [0.3, 0.4) is 0 Å². The van der Waals surface area contributed by atoms with Crippen LogP contribution in [0, 0.1) is 6.92 Å². The lowest BCUT2D eigenvalue weighted by molar-refractivity contribution is -0.116. The summed E-state index contributed by atoms with van der Waals surface area (Å²) in [4.78, 5) is 12.7. The van der Waals surface area contributed by atoms with Gasteiger partial charge in [-0.25, -0.2) is 0 Å². The molecule has 0 atom stereocenters. The first-order chi connectivity index (χ1) is 7.72. The molecule has 2 heteroatoms. The van der Waals surface area contributed by atoms with Gasteiger partial charge < -0.3 is 0 Å². The Hall–Kier alpha value is -0.760. The van der Waals surface area contributed by atoms with Crippen molar-refractivity contribution in [2.45, 2.75) is 44.4 Å². The molecular formula is C14H20OS. The zero-order valence-electron chi connectivity index (χ0n) is 10.2. The van der Waals surface area contributed by atoms with Gasteiger partial charge in [0.25, 0.3) is 0 Å². The van der Waals surface area contributed by atoms with E-state index in [4.69, 9.17) is 0 Å². The van der Waals surface area contributed by atoms with Crippen molar-refractivity contribution >= 4 is 17.5 Å². The Morgan fingerprint density at radius 2 is 1.88 bits per heavy atom. The van der Waals surface area contributed by atoms with E-state index in [1.807, 2.05) is 0 Å². The second-order valence-corrected chi connectivity index (χ2v) is 5.15. The number of carbonyl (C=O) groups excluding carboxylic acids is 1. The van der Waals surface area contributed by atoms with E-state index >= 15 is 0 Å². The lowest BCUT2D eigenvalue weighted by Gasteiger charge is -2.01. The normalized spacial score (nSPS) is 10.4. The Labute approximate surface area is 103 Å². The smallest absolute Gasteiger partial charge is 0.143 e. The van der Waals surface area contributed by atoms with Crippen molar-refractivity contribution in [2.75, 3.05) is 5.75 Å². The first-order valence-corrected chi connectivity index (χ1v) is 6.92. The first kappa shape index (κ1) is 13.3. The van der Waals surface area contributed by atoms with Crippen LogP contribution in [0.5, 0.6) is 0 Å². The number of hydrogen-bond acceptors (Lipinski definition) is 2. The number of rotatable bonds is 7. The predicted octanol–water partition coefficient (Wildman–Crippen LogP) is 4.24. The molecule has 1 aromatic rings. The van der Waals surface area contributed by atoms with Gasteiger partial charge in [-0.2, -0.15) is 0 Å². The van der Waals surface area contributed by atoms with E-state index in [-0.39, 0.29) is 0 Å². The largest absolute Gasteiger partial charge is 0.299 e. The van der Waals surface area contributed by atoms with E-state index in [9.17, 15) is 4.79 Å². The minimum atomic E-state index is 0.374. The number of hydrogen-bond donors (Lipinski definition) is 0. The molecule has 1 rings (SSSR count). The van der Waals surface area contributed by atoms with Gasteiger partial charge in [0.2, 0.25) is 0 Å². The van der Waals surface area contributed by atoms with Crippen molar-refractivity contribution in [3.05, 3.63) is 29.8 Å². The van der Waals surface area contributed by atoms with Crippen LogP contribution in [0.4, 0.5) is 0 Å². The minimum Gasteiger partial charge on any atom is -0.299 e. The Balaban J connectivity index is 2.23. The summed E-state index contributed by atoms with van der Waals surface area (Å²) in [5.74, 6) is 0.992. The molecule has 0 radical (unpaired) electrons. The van der Waals surface area contributed by atoms with Gasteiger partial charge in [-0.3, -0.25) is 4.79 Å². The second kappa shape index (κ2) is 7.50. The molecule has 0 saturated heterocycles. The Bertz CT molecular complexity index is 316. The topological polar surface area (TPSA) is 17.1 Å². The molecule has 0 aliphatic heterocycles. The Morgan fingerprint density at radius 1 is 1.19 bits per heavy atom. The van der Waals surface area contributed by atoms with Crippen LogP contribution in [-0.2, 0) is 4.79 Å². The Kier molecular flexibility index (Phi) is 6.24. The fraction of sp³-hybridized carbons (Fsp3) is 0.500. The highest BCUT2D eigenvalue weighted by atomic mass is 32.2. The molecule has 0 fully saturated rings. The SMILES string of the molecule is CCCCCC(=O)CSc1ccc(C)cc1. The van der Waals surface area contributed by atoms with Crippen LogP contribution in [0.15, 0.2) is 29.2 Å². The van der Waals surface area contributed by atoms with Crippen molar-refractivity contribution in [3.63, 3.8) is 0 Å². The van der Waals surface area contributed by atoms with Crippen LogP contribution >= 0.6 is 11.8 Å². The van der Waals surface area contributed by atoms with Crippen molar-refractivity contribution in [3.8, 4) is 0 Å². The van der Waals surface area contributed by atoms with Gasteiger partial charge in [0.05, 0.1) is 5.75 Å². The average molecular weight is 236 g/mol. The molecule has 1 nitrogen and oxygen atoms in total. The maximum absolute atomic E-state index is 11.5. The Morgan fingerprint density at radius 3 is 2.50 bits per heavy atom. The average Bonchev–Trinajstić information content (AvgIpc) is 2.29. The molecule has 16 heavy (non-hydrogen) atoms. The number of aryl methyl sites for hydroxylation is 1. The van der Waals surface area contributed by atoms with E-state index in [1.165, 1.54) is 23.3 Å². The molecule has 0 N–H and O–H groups in total. The fourth-order valence-electron chi connectivity index (χ4n) is 1.44. The number of ketones is 1. The van der Waals surface area contributed by atoms with Gasteiger partial charge in [-0.15, -0.1) is 11.8 Å². The maximum Gasteiger partial charge on any atom is 0.143 e. The first-order valence-electron chi connectivity index (χ1n) is 5.93. The zero-order chi connectivity index (χ0) is 11.8. The molecule has 0 spiro atoms. The number of unbranched alkanes of at least 4 members (excludes halogenated alkanes) is 2. The third-order valence-electron chi connectivity index (χ3n) is 2.48. The summed E-state index contributed by atoms with van der Waals surface area (Å²) >= 11 is 1.65. The summed E-state index contributed by atoms with van der Waals surface area (Å²) < 4.78 is 0. The number of benzene rings is 1. The summed E-state index contributed by atoms with van der Waals surface area (Å²) in [6.45, 7) is 4.23. The minimum absolute atomic E-state index is 0.374. The van der Waals surface area contributed by atoms with Gasteiger partial charge in [-0.05, 0) is 25.5 Å². The molecule has 88 valence electrons. The lowest BCUT2D eigenvalue weighted by Crippen LogP contribution is -2.00. The molecule has 0 saturated carbocycles. The molecule has 0 unspecified atom stereocenters. The van der Waals surface area contributed by atoms with Crippen LogP contribution in [0.1, 0.15) is 38.2 Å². The molecule has 0 aliphatic rings. The van der Waals surface area contributed by atoms with E-state index in [2.05, 4.69) is 38.1 Å². The van der Waals surface area contributed by atoms with Crippen LogP contribution < -0.4 is 0 Å². The fourth-order valence-corrected chi connectivity index (χ4v) is 2.24. The van der Waals surface area contributed by atoms with E-state index in [0.717, 1.165) is 12.8 Å². The zero-order valence-corrected chi connectivity index (χ0v) is 11.0. The third-order valence-corrected chi connectivity index (χ3v) is 3.55. The number of carbonyl (C=O) groups is 1. The molecular weight excluding hydrogens is 216 g/mol. The molecule has 0 aliphatic carbocycles. The van der Waals surface area contributed by atoms with Gasteiger partial charge in [0.15, 0.2) is 0 Å². The van der Waals surface area contributed by atoms with E-state index in [1.54, 1.807) is 11.8 Å². The summed E-state index contributed by atoms with van der Waals surface area (Å²) in [5, 5.41) is 0. The van der Waals surface area contributed by atoms with Crippen molar-refractivity contribution in [2.24, 2.45) is 0 Å². The van der Waals surface area contributed by atoms with Crippen molar-refractivity contribution in [1.82, 2.24) is 0 Å². The van der Waals surface area contributed by atoms with Gasteiger partial charge in [0.1, 0.15) is 5.78 Å². The number of thioether (sulfide) groups is 1. The molecule has 0 amide bonds. The van der Waals surface area contributed by atoms with Gasteiger partial charge in [0, 0.05) is 11.3 Å². The highest BCUT2D eigenvalue weighted by molar-refractivity contribution is 8.00. The summed E-state index contributed by atoms with van der Waals surface area (Å²) in [6, 6.07) is 8.34. The quantitative estimate of drug-likeness (QED) is 0.520. The van der Waals surface area contributed by atoms with Crippen molar-refractivity contribution in [1.29, 1.82) is 0 Å². The summed E-state index contributed by atoms with van der Waals surface area (Å²) in [7, 11) is 0. The predicted molar refractivity (Wildman–Crippen MR) is 71.1 cm³/mol. The number of Topliss-reactive ketones (excluding diaryl/α,β-unsaturated/α-hetero) is 1. The van der Waals surface area contributed by atoms with Gasteiger partial charge >= 0.3 is 0 Å². The van der Waals surface area contributed by atoms with Gasteiger partial charge in [-0.1, -0.05) is 37.5 Å².